The molecule has 2 radical (unpaired) electrons. The quantitative estimate of drug-likeness (QED) is 0.558. The van der Waals surface area contributed by atoms with Crippen LogP contribution < -0.4 is 0 Å². The van der Waals surface area contributed by atoms with E-state index in [4.69, 9.17) is 5.11 Å². The first kappa shape index (κ1) is 12.5. The van der Waals surface area contributed by atoms with Gasteiger partial charge in [0.1, 0.15) is 0 Å². The molecule has 1 N–H and O–H groups in total. The second-order valence-corrected chi connectivity index (χ2v) is 3.31. The van der Waals surface area contributed by atoms with Crippen LogP contribution in [-0.4, -0.2) is 11.1 Å². The fourth-order valence-electron chi connectivity index (χ4n) is 1.25. The minimum atomic E-state index is -0.794. The number of carbonyl (C=O) groups is 1. The molecule has 0 aromatic carbocycles. The molecule has 76 valence electrons. The third-order valence-corrected chi connectivity index (χ3v) is 2.02. The van der Waals surface area contributed by atoms with Crippen LogP contribution in [0.2, 0.25) is 0 Å². The molecule has 2 heteroatoms. The molecule has 0 aliphatic heterocycles. The molecule has 0 unspecified atom stereocenters. The molecule has 0 fully saturated rings. The molecule has 13 heavy (non-hydrogen) atoms. The van der Waals surface area contributed by atoms with Crippen molar-refractivity contribution in [3.63, 3.8) is 0 Å². The van der Waals surface area contributed by atoms with E-state index in [1.165, 1.54) is 32.1 Å². The Hall–Kier alpha value is -0.530. The van der Waals surface area contributed by atoms with Crippen molar-refractivity contribution in [2.45, 2.75) is 51.4 Å². The summed E-state index contributed by atoms with van der Waals surface area (Å²) in [6.07, 6.45) is 10.2. The Morgan fingerprint density at radius 2 is 1.62 bits per heavy atom. The Labute approximate surface area is 81.3 Å². The van der Waals surface area contributed by atoms with Gasteiger partial charge in [-0.25, -0.2) is 0 Å². The molecule has 0 aliphatic rings. The second-order valence-electron chi connectivity index (χ2n) is 3.31. The maximum absolute atomic E-state index is 10.1. The number of hydrogen-bond acceptors (Lipinski definition) is 1. The average Bonchev–Trinajstić information content (AvgIpc) is 2.09. The monoisotopic (exact) mass is 184 g/mol. The fourth-order valence-corrected chi connectivity index (χ4v) is 1.25. The molecule has 2 nitrogen and oxygen atoms in total. The summed E-state index contributed by atoms with van der Waals surface area (Å²) >= 11 is 0. The molecular formula is C11H20O2. The Bertz CT molecular complexity index is 121. The van der Waals surface area contributed by atoms with Gasteiger partial charge in [0.25, 0.3) is 0 Å². The summed E-state index contributed by atoms with van der Waals surface area (Å²) in [7, 11) is 0. The highest BCUT2D eigenvalue weighted by Crippen LogP contribution is 2.08. The molecule has 0 saturated carbocycles. The first-order valence-electron chi connectivity index (χ1n) is 5.12. The van der Waals surface area contributed by atoms with Crippen LogP contribution in [0.1, 0.15) is 51.4 Å². The summed E-state index contributed by atoms with van der Waals surface area (Å²) in [5.41, 5.74) is 0. The van der Waals surface area contributed by atoms with E-state index in [0.717, 1.165) is 19.3 Å². The predicted octanol–water partition coefficient (Wildman–Crippen LogP) is 3.23. The summed E-state index contributed by atoms with van der Waals surface area (Å²) in [6.45, 7) is 3.78. The van der Waals surface area contributed by atoms with Crippen LogP contribution in [0.3, 0.4) is 0 Å². The number of carboxylic acids is 1. The number of rotatable bonds is 9. The van der Waals surface area contributed by atoms with Crippen LogP contribution in [0.15, 0.2) is 0 Å². The first-order chi connectivity index (χ1) is 6.27. The first-order valence-corrected chi connectivity index (χ1v) is 5.12. The fraction of sp³-hybridized carbons (Fsp3) is 0.727. The van der Waals surface area contributed by atoms with Gasteiger partial charge in [0.15, 0.2) is 0 Å². The molecule has 0 rings (SSSR count). The van der Waals surface area contributed by atoms with Crippen LogP contribution in [0.25, 0.3) is 0 Å². The van der Waals surface area contributed by atoms with Gasteiger partial charge in [-0.05, 0) is 6.42 Å². The lowest BCUT2D eigenvalue weighted by molar-refractivity contribution is -0.133. The van der Waals surface area contributed by atoms with Crippen molar-refractivity contribution in [1.82, 2.24) is 0 Å². The zero-order valence-corrected chi connectivity index (χ0v) is 8.30. The maximum atomic E-state index is 10.1. The van der Waals surface area contributed by atoms with Crippen LogP contribution in [-0.2, 0) is 4.79 Å². The minimum Gasteiger partial charge on any atom is -0.481 e. The zero-order valence-electron chi connectivity index (χ0n) is 8.30. The molecule has 0 aromatic rings. The third kappa shape index (κ3) is 11.5. The predicted molar refractivity (Wildman–Crippen MR) is 54.2 cm³/mol. The van der Waals surface area contributed by atoms with E-state index in [-0.39, 0.29) is 0 Å². The average molecular weight is 184 g/mol. The lowest BCUT2D eigenvalue weighted by Gasteiger charge is -1.99. The van der Waals surface area contributed by atoms with Crippen molar-refractivity contribution < 1.29 is 9.90 Å². The Morgan fingerprint density at radius 1 is 1.08 bits per heavy atom. The van der Waals surface area contributed by atoms with E-state index in [1.807, 2.05) is 0 Å². The SMILES string of the molecule is [CH2]CCCCCCCC[CH]C(=O)O. The molecule has 0 atom stereocenters. The topological polar surface area (TPSA) is 37.3 Å². The third-order valence-electron chi connectivity index (χ3n) is 2.02. The van der Waals surface area contributed by atoms with Crippen molar-refractivity contribution in [3.8, 4) is 0 Å². The summed E-state index contributed by atoms with van der Waals surface area (Å²) in [5, 5.41) is 8.32. The van der Waals surface area contributed by atoms with Crippen LogP contribution >= 0.6 is 0 Å². The summed E-state index contributed by atoms with van der Waals surface area (Å²) in [5.74, 6) is -0.794. The van der Waals surface area contributed by atoms with E-state index in [1.54, 1.807) is 0 Å². The maximum Gasteiger partial charge on any atom is 0.307 e. The van der Waals surface area contributed by atoms with E-state index in [0.29, 0.717) is 6.42 Å². The van der Waals surface area contributed by atoms with Crippen LogP contribution in [0, 0.1) is 13.3 Å². The highest BCUT2D eigenvalue weighted by Gasteiger charge is 1.96. The van der Waals surface area contributed by atoms with Gasteiger partial charge in [0.05, 0.1) is 6.42 Å². The smallest absolute Gasteiger partial charge is 0.307 e. The molecule has 0 bridgehead atoms. The molecule has 0 heterocycles. The van der Waals surface area contributed by atoms with Crippen molar-refractivity contribution in [3.05, 3.63) is 13.3 Å². The van der Waals surface area contributed by atoms with Gasteiger partial charge in [-0.2, -0.15) is 0 Å². The Morgan fingerprint density at radius 3 is 2.15 bits per heavy atom. The van der Waals surface area contributed by atoms with E-state index >= 15 is 0 Å². The van der Waals surface area contributed by atoms with Crippen molar-refractivity contribution in [2.24, 2.45) is 0 Å². The van der Waals surface area contributed by atoms with E-state index in [2.05, 4.69) is 6.92 Å². The van der Waals surface area contributed by atoms with E-state index in [9.17, 15) is 4.79 Å². The van der Waals surface area contributed by atoms with Crippen molar-refractivity contribution >= 4 is 5.97 Å². The zero-order chi connectivity index (χ0) is 9.94. The largest absolute Gasteiger partial charge is 0.481 e. The summed E-state index contributed by atoms with van der Waals surface area (Å²) in [4.78, 5) is 10.1. The number of unbranched alkanes of at least 4 members (excludes halogenated alkanes) is 7. The highest BCUT2D eigenvalue weighted by atomic mass is 16.4. The van der Waals surface area contributed by atoms with Gasteiger partial charge in [-0.1, -0.05) is 51.9 Å². The highest BCUT2D eigenvalue weighted by molar-refractivity contribution is 5.76. The van der Waals surface area contributed by atoms with Gasteiger partial charge in [-0.3, -0.25) is 4.79 Å². The van der Waals surface area contributed by atoms with Crippen LogP contribution in [0.4, 0.5) is 0 Å². The van der Waals surface area contributed by atoms with Gasteiger partial charge in [0, 0.05) is 0 Å². The standard InChI is InChI=1S/C11H20O2/c1-2-3-4-5-6-7-8-9-10-11(12)13/h10H,1-9H2,(H,12,13). The Balaban J connectivity index is 2.87. The number of carboxylic acid groups (broad SMARTS) is 1. The molecule has 0 saturated heterocycles. The van der Waals surface area contributed by atoms with Crippen LogP contribution in [0.5, 0.6) is 0 Å². The van der Waals surface area contributed by atoms with Gasteiger partial charge >= 0.3 is 5.97 Å². The van der Waals surface area contributed by atoms with Crippen molar-refractivity contribution in [1.29, 1.82) is 0 Å². The minimum absolute atomic E-state index is 0.713. The lowest BCUT2D eigenvalue weighted by atomic mass is 10.1. The molecule has 0 amide bonds. The number of hydrogen-bond donors (Lipinski definition) is 1. The molecule has 0 spiro atoms. The molecular weight excluding hydrogens is 164 g/mol. The van der Waals surface area contributed by atoms with Gasteiger partial charge < -0.3 is 5.11 Å². The lowest BCUT2D eigenvalue weighted by Crippen LogP contribution is -1.94. The van der Waals surface area contributed by atoms with Crippen molar-refractivity contribution in [2.75, 3.05) is 0 Å². The second kappa shape index (κ2) is 9.56. The van der Waals surface area contributed by atoms with Gasteiger partial charge in [-0.15, -0.1) is 0 Å². The summed E-state index contributed by atoms with van der Waals surface area (Å²) < 4.78 is 0. The molecule has 0 aromatic heterocycles. The normalized spacial score (nSPS) is 10.2. The molecule has 0 aliphatic carbocycles. The summed E-state index contributed by atoms with van der Waals surface area (Å²) in [6, 6.07) is 0. The van der Waals surface area contributed by atoms with Gasteiger partial charge in [0.2, 0.25) is 0 Å². The Kier molecular flexibility index (Phi) is 9.17. The van der Waals surface area contributed by atoms with E-state index < -0.39 is 5.97 Å². The number of aliphatic carboxylic acids is 1.